The minimum atomic E-state index is -1.04. The molecule has 0 aromatic carbocycles. The van der Waals surface area contributed by atoms with Crippen molar-refractivity contribution in [3.63, 3.8) is 0 Å². The number of amides is 3. The minimum absolute atomic E-state index is 0.266. The zero-order valence-electron chi connectivity index (χ0n) is 12.7. The van der Waals surface area contributed by atoms with Crippen LogP contribution in [0.4, 0.5) is 4.79 Å². The number of nitrogens with two attached hydrogens (primary N) is 1. The summed E-state index contributed by atoms with van der Waals surface area (Å²) in [4.78, 5) is 36.6. The van der Waals surface area contributed by atoms with Gasteiger partial charge in [0, 0.05) is 4.88 Å². The molecule has 2 rings (SSSR count). The van der Waals surface area contributed by atoms with Gasteiger partial charge in [-0.2, -0.15) is 0 Å². The molecule has 0 spiro atoms. The molecule has 1 aromatic rings. The Morgan fingerprint density at radius 1 is 1.27 bits per heavy atom. The third-order valence-corrected chi connectivity index (χ3v) is 4.76. The standard InChI is InChI=1S/C15H20N2O4S/c1-8(2)12(13(18)17-15(16)20)21-14(19)11-7-9-5-3-4-6-10(9)22-11/h7-8,12H,3-6H2,1-2H3,(H3,16,17,18,20). The number of hydrogen-bond acceptors (Lipinski definition) is 5. The summed E-state index contributed by atoms with van der Waals surface area (Å²) in [5.41, 5.74) is 6.13. The number of thiophene rings is 1. The van der Waals surface area contributed by atoms with Crippen LogP contribution in [-0.4, -0.2) is 24.0 Å². The van der Waals surface area contributed by atoms with E-state index in [4.69, 9.17) is 10.5 Å². The Morgan fingerprint density at radius 2 is 1.95 bits per heavy atom. The Labute approximate surface area is 133 Å². The van der Waals surface area contributed by atoms with Crippen molar-refractivity contribution in [2.24, 2.45) is 11.7 Å². The summed E-state index contributed by atoms with van der Waals surface area (Å²) in [6.07, 6.45) is 3.20. The molecule has 7 heteroatoms. The smallest absolute Gasteiger partial charge is 0.349 e. The Bertz CT molecular complexity index is 571. The first-order valence-electron chi connectivity index (χ1n) is 7.31. The molecule has 6 nitrogen and oxygen atoms in total. The highest BCUT2D eigenvalue weighted by Crippen LogP contribution is 2.30. The van der Waals surface area contributed by atoms with Gasteiger partial charge in [-0.3, -0.25) is 10.1 Å². The number of rotatable bonds is 4. The summed E-state index contributed by atoms with van der Waals surface area (Å²) in [5, 5.41) is 1.96. The molecule has 3 amide bonds. The summed E-state index contributed by atoms with van der Waals surface area (Å²) in [6.45, 7) is 3.47. The van der Waals surface area contributed by atoms with Gasteiger partial charge < -0.3 is 10.5 Å². The van der Waals surface area contributed by atoms with E-state index in [0.717, 1.165) is 25.7 Å². The fourth-order valence-electron chi connectivity index (χ4n) is 2.45. The van der Waals surface area contributed by atoms with Crippen LogP contribution in [0.25, 0.3) is 0 Å². The van der Waals surface area contributed by atoms with Crippen LogP contribution in [0.5, 0.6) is 0 Å². The molecule has 0 saturated carbocycles. The lowest BCUT2D eigenvalue weighted by atomic mass is 9.99. The van der Waals surface area contributed by atoms with Crippen molar-refractivity contribution in [1.29, 1.82) is 0 Å². The first kappa shape index (κ1) is 16.5. The van der Waals surface area contributed by atoms with Crippen molar-refractivity contribution in [1.82, 2.24) is 5.32 Å². The van der Waals surface area contributed by atoms with Gasteiger partial charge in [0.1, 0.15) is 4.88 Å². The number of urea groups is 1. The maximum absolute atomic E-state index is 12.3. The molecule has 22 heavy (non-hydrogen) atoms. The monoisotopic (exact) mass is 324 g/mol. The number of fused-ring (bicyclic) bond motifs is 1. The number of esters is 1. The van der Waals surface area contributed by atoms with E-state index in [9.17, 15) is 14.4 Å². The zero-order chi connectivity index (χ0) is 16.3. The van der Waals surface area contributed by atoms with Crippen LogP contribution >= 0.6 is 11.3 Å². The van der Waals surface area contributed by atoms with Gasteiger partial charge in [0.15, 0.2) is 6.10 Å². The van der Waals surface area contributed by atoms with Crippen molar-refractivity contribution in [2.75, 3.05) is 0 Å². The average Bonchev–Trinajstić information content (AvgIpc) is 2.87. The first-order valence-corrected chi connectivity index (χ1v) is 8.13. The molecule has 1 aliphatic carbocycles. The van der Waals surface area contributed by atoms with Crippen LogP contribution in [0.1, 0.15) is 46.8 Å². The first-order chi connectivity index (χ1) is 10.4. The topological polar surface area (TPSA) is 98.5 Å². The Kier molecular flexibility index (Phi) is 5.18. The van der Waals surface area contributed by atoms with Gasteiger partial charge in [-0.15, -0.1) is 11.3 Å². The van der Waals surface area contributed by atoms with Gasteiger partial charge in [-0.05, 0) is 43.2 Å². The number of primary amides is 1. The van der Waals surface area contributed by atoms with Crippen molar-refractivity contribution in [3.8, 4) is 0 Å². The molecule has 1 unspecified atom stereocenters. The number of carbonyl (C=O) groups excluding carboxylic acids is 3. The van der Waals surface area contributed by atoms with E-state index in [2.05, 4.69) is 0 Å². The van der Waals surface area contributed by atoms with Crippen molar-refractivity contribution in [2.45, 2.75) is 45.6 Å². The quantitative estimate of drug-likeness (QED) is 0.828. The number of hydrogen-bond donors (Lipinski definition) is 2. The molecule has 1 aliphatic rings. The van der Waals surface area contributed by atoms with E-state index in [-0.39, 0.29) is 5.92 Å². The predicted octanol–water partition coefficient (Wildman–Crippen LogP) is 2.00. The molecular formula is C15H20N2O4S. The highest BCUT2D eigenvalue weighted by molar-refractivity contribution is 7.14. The van der Waals surface area contributed by atoms with Gasteiger partial charge in [-0.25, -0.2) is 9.59 Å². The summed E-state index contributed by atoms with van der Waals surface area (Å²) in [7, 11) is 0. The van der Waals surface area contributed by atoms with Crippen molar-refractivity contribution < 1.29 is 19.1 Å². The minimum Gasteiger partial charge on any atom is -0.448 e. The molecule has 3 N–H and O–H groups in total. The van der Waals surface area contributed by atoms with Gasteiger partial charge in [-0.1, -0.05) is 13.8 Å². The molecule has 1 heterocycles. The summed E-state index contributed by atoms with van der Waals surface area (Å²) < 4.78 is 5.29. The van der Waals surface area contributed by atoms with E-state index in [1.807, 2.05) is 11.4 Å². The Balaban J connectivity index is 2.09. The van der Waals surface area contributed by atoms with Crippen LogP contribution in [-0.2, 0) is 22.4 Å². The van der Waals surface area contributed by atoms with Crippen LogP contribution < -0.4 is 11.1 Å². The molecule has 0 radical (unpaired) electrons. The number of aryl methyl sites for hydroxylation is 2. The second-order valence-electron chi connectivity index (χ2n) is 5.69. The molecular weight excluding hydrogens is 304 g/mol. The van der Waals surface area contributed by atoms with E-state index in [1.54, 1.807) is 13.8 Å². The highest BCUT2D eigenvalue weighted by atomic mass is 32.1. The third kappa shape index (κ3) is 3.85. The molecule has 1 aromatic heterocycles. The maximum Gasteiger partial charge on any atom is 0.349 e. The lowest BCUT2D eigenvalue weighted by molar-refractivity contribution is -0.130. The Morgan fingerprint density at radius 3 is 2.55 bits per heavy atom. The number of nitrogens with one attached hydrogen (secondary N) is 1. The molecule has 0 bridgehead atoms. The zero-order valence-corrected chi connectivity index (χ0v) is 13.5. The van der Waals surface area contributed by atoms with Gasteiger partial charge in [0.05, 0.1) is 0 Å². The number of imide groups is 1. The van der Waals surface area contributed by atoms with Crippen LogP contribution in [0.15, 0.2) is 6.07 Å². The van der Waals surface area contributed by atoms with E-state index >= 15 is 0 Å². The SMILES string of the molecule is CC(C)C(OC(=O)c1cc2c(s1)CCCC2)C(=O)NC(N)=O. The van der Waals surface area contributed by atoms with E-state index in [1.165, 1.54) is 21.8 Å². The largest absolute Gasteiger partial charge is 0.448 e. The van der Waals surface area contributed by atoms with E-state index < -0.39 is 24.0 Å². The fraction of sp³-hybridized carbons (Fsp3) is 0.533. The number of carbonyl (C=O) groups is 3. The second-order valence-corrected chi connectivity index (χ2v) is 6.83. The van der Waals surface area contributed by atoms with Gasteiger partial charge in [0.2, 0.25) is 0 Å². The summed E-state index contributed by atoms with van der Waals surface area (Å²) >= 11 is 1.42. The lowest BCUT2D eigenvalue weighted by Gasteiger charge is -2.19. The molecule has 1 atom stereocenters. The number of ether oxygens (including phenoxy) is 1. The molecule has 0 saturated heterocycles. The van der Waals surface area contributed by atoms with Crippen molar-refractivity contribution in [3.05, 3.63) is 21.4 Å². The molecule has 0 aliphatic heterocycles. The van der Waals surface area contributed by atoms with Crippen LogP contribution in [0, 0.1) is 5.92 Å². The van der Waals surface area contributed by atoms with E-state index in [0.29, 0.717) is 4.88 Å². The maximum atomic E-state index is 12.3. The van der Waals surface area contributed by atoms with Gasteiger partial charge >= 0.3 is 12.0 Å². The Hall–Kier alpha value is -1.89. The summed E-state index contributed by atoms with van der Waals surface area (Å²) in [5.74, 6) is -1.49. The third-order valence-electron chi connectivity index (χ3n) is 3.54. The van der Waals surface area contributed by atoms with Gasteiger partial charge in [0.25, 0.3) is 5.91 Å². The average molecular weight is 324 g/mol. The molecule has 0 fully saturated rings. The predicted molar refractivity (Wildman–Crippen MR) is 82.7 cm³/mol. The summed E-state index contributed by atoms with van der Waals surface area (Å²) in [6, 6.07) is 0.892. The fourth-order valence-corrected chi connectivity index (χ4v) is 3.59. The lowest BCUT2D eigenvalue weighted by Crippen LogP contribution is -2.45. The van der Waals surface area contributed by atoms with Crippen LogP contribution in [0.2, 0.25) is 0 Å². The van der Waals surface area contributed by atoms with Crippen LogP contribution in [0.3, 0.4) is 0 Å². The highest BCUT2D eigenvalue weighted by Gasteiger charge is 2.29. The van der Waals surface area contributed by atoms with Crippen molar-refractivity contribution >= 4 is 29.2 Å². The molecule has 120 valence electrons. The second kappa shape index (κ2) is 6.91. The normalized spacial score (nSPS) is 15.0.